The molecule has 0 spiro atoms. The van der Waals surface area contributed by atoms with Crippen LogP contribution in [0.15, 0.2) is 46.6 Å². The zero-order valence-corrected chi connectivity index (χ0v) is 21.3. The van der Waals surface area contributed by atoms with Crippen LogP contribution in [0.3, 0.4) is 0 Å². The van der Waals surface area contributed by atoms with Crippen molar-refractivity contribution in [2.24, 2.45) is 4.99 Å². The van der Waals surface area contributed by atoms with Gasteiger partial charge in [0, 0.05) is 43.8 Å². The third-order valence-corrected chi connectivity index (χ3v) is 10.2. The van der Waals surface area contributed by atoms with Gasteiger partial charge in [-0.25, -0.2) is 9.57 Å². The lowest BCUT2D eigenvalue weighted by Crippen LogP contribution is -2.49. The second-order valence-corrected chi connectivity index (χ2v) is 13.4. The first-order valence-electron chi connectivity index (χ1n) is 12.0. The van der Waals surface area contributed by atoms with E-state index in [1.807, 2.05) is 0 Å². The lowest BCUT2D eigenvalue weighted by Gasteiger charge is -2.34. The van der Waals surface area contributed by atoms with Gasteiger partial charge in [0.15, 0.2) is 5.71 Å². The van der Waals surface area contributed by atoms with E-state index in [0.29, 0.717) is 0 Å². The molecular weight excluding hydrogens is 414 g/mol. The molecule has 1 N–H and O–H groups in total. The van der Waals surface area contributed by atoms with Crippen molar-refractivity contribution in [3.8, 4) is 0 Å². The Morgan fingerprint density at radius 2 is 1.84 bits per heavy atom. The van der Waals surface area contributed by atoms with E-state index in [4.69, 9.17) is 10.1 Å². The average Bonchev–Trinajstić information content (AvgIpc) is 2.77. The fraction of sp³-hybridized carbons (Fsp3) is 0.500. The molecule has 1 heterocycles. The van der Waals surface area contributed by atoms with Gasteiger partial charge in [-0.2, -0.15) is 0 Å². The van der Waals surface area contributed by atoms with E-state index < -0.39 is 14.0 Å². The molecule has 0 bridgehead atoms. The maximum absolute atomic E-state index is 10.7. The highest BCUT2D eigenvalue weighted by Crippen LogP contribution is 2.32. The number of carboxylic acid groups (broad SMARTS) is 1. The molecule has 0 saturated carbocycles. The van der Waals surface area contributed by atoms with Gasteiger partial charge < -0.3 is 10.0 Å². The van der Waals surface area contributed by atoms with Crippen LogP contribution < -0.4 is 10.1 Å². The van der Waals surface area contributed by atoms with Crippen LogP contribution in [-0.2, 0) is 4.79 Å². The lowest BCUT2D eigenvalue weighted by atomic mass is 10.1. The number of carboxylic acids is 1. The molecule has 0 fully saturated rings. The number of hydrogen-bond donors (Lipinski definition) is 1. The highest BCUT2D eigenvalue weighted by atomic mass is 28.3. The van der Waals surface area contributed by atoms with Crippen molar-refractivity contribution < 1.29 is 14.5 Å². The molecule has 0 atom stereocenters. The predicted molar refractivity (Wildman–Crippen MR) is 138 cm³/mol. The number of carbonyl (C=O) groups is 1. The number of fused-ring (bicyclic) bond motifs is 2. The van der Waals surface area contributed by atoms with Crippen molar-refractivity contribution in [3.05, 3.63) is 41.6 Å². The first kappa shape index (κ1) is 24.2. The van der Waals surface area contributed by atoms with E-state index in [2.05, 4.69) is 79.8 Å². The number of anilines is 1. The van der Waals surface area contributed by atoms with Gasteiger partial charge in [-0.3, -0.25) is 4.79 Å². The number of aliphatic carboxylic acids is 1. The zero-order chi connectivity index (χ0) is 23.3. The Morgan fingerprint density at radius 1 is 1.09 bits per heavy atom. The summed E-state index contributed by atoms with van der Waals surface area (Å²) < 4.78 is 2.41. The summed E-state index contributed by atoms with van der Waals surface area (Å²) in [5.74, 6) is -0.701. The fourth-order valence-electron chi connectivity index (χ4n) is 4.73. The predicted octanol–water partition coefficient (Wildman–Crippen LogP) is 4.69. The van der Waals surface area contributed by atoms with E-state index in [1.165, 1.54) is 21.8 Å². The van der Waals surface area contributed by atoms with Crippen LogP contribution in [0.5, 0.6) is 0 Å². The van der Waals surface area contributed by atoms with Crippen LogP contribution in [0.4, 0.5) is 11.4 Å². The summed E-state index contributed by atoms with van der Waals surface area (Å²) in [6, 6.07) is 6.79. The van der Waals surface area contributed by atoms with Crippen LogP contribution in [0.1, 0.15) is 46.5 Å². The Bertz CT molecular complexity index is 985. The molecule has 0 aromatic heterocycles. The molecule has 0 unspecified atom stereocenters. The molecule has 1 aromatic rings. The molecule has 1 aromatic carbocycles. The molecule has 1 aliphatic carbocycles. The van der Waals surface area contributed by atoms with Crippen LogP contribution >= 0.6 is 0 Å². The topological polar surface area (TPSA) is 55.9 Å². The monoisotopic (exact) mass is 452 g/mol. The Labute approximate surface area is 193 Å². The van der Waals surface area contributed by atoms with Gasteiger partial charge in [-0.15, -0.1) is 0 Å². The van der Waals surface area contributed by atoms with Gasteiger partial charge >= 0.3 is 5.97 Å². The standard InChI is InChI=1S/C26H37N3O2Si/c1-6-28(7-2)20-13-15-22-24(18-20)32(4,5)25-19-21(14-16-23(25)27-22)29(8-3)17-11-9-10-12-26(30)31/h13-16,18-19H,6-12,17H2,1-5H3/p+1. The van der Waals surface area contributed by atoms with Crippen LogP contribution in [0.25, 0.3) is 0 Å². The Morgan fingerprint density at radius 3 is 2.50 bits per heavy atom. The van der Waals surface area contributed by atoms with Crippen molar-refractivity contribution in [1.29, 1.82) is 0 Å². The molecular formula is C26H38N3O2Si+. The van der Waals surface area contributed by atoms with E-state index in [9.17, 15) is 4.79 Å². The van der Waals surface area contributed by atoms with E-state index >= 15 is 0 Å². The number of allylic oxidation sites excluding steroid dienone is 4. The zero-order valence-electron chi connectivity index (χ0n) is 20.3. The third kappa shape index (κ3) is 5.12. The van der Waals surface area contributed by atoms with Gasteiger partial charge in [0.1, 0.15) is 21.2 Å². The van der Waals surface area contributed by atoms with Gasteiger partial charge in [-0.1, -0.05) is 13.1 Å². The molecule has 6 heteroatoms. The molecule has 3 rings (SSSR count). The summed E-state index contributed by atoms with van der Waals surface area (Å²) in [5, 5.41) is 11.7. The molecule has 32 heavy (non-hydrogen) atoms. The molecule has 2 aliphatic rings. The van der Waals surface area contributed by atoms with Gasteiger partial charge in [-0.05, 0) is 68.3 Å². The third-order valence-electron chi connectivity index (χ3n) is 6.74. The fourth-order valence-corrected chi connectivity index (χ4v) is 7.59. The van der Waals surface area contributed by atoms with E-state index in [1.54, 1.807) is 0 Å². The molecule has 0 saturated heterocycles. The summed E-state index contributed by atoms with van der Waals surface area (Å²) in [4.78, 5) is 18.2. The van der Waals surface area contributed by atoms with Gasteiger partial charge in [0.2, 0.25) is 0 Å². The lowest BCUT2D eigenvalue weighted by molar-refractivity contribution is -0.523. The number of benzene rings is 1. The van der Waals surface area contributed by atoms with E-state index in [-0.39, 0.29) is 6.42 Å². The smallest absolute Gasteiger partial charge is 0.303 e. The second kappa shape index (κ2) is 10.4. The number of unbranched alkanes of at least 4 members (excludes halogenated alkanes) is 2. The van der Waals surface area contributed by atoms with Crippen LogP contribution in [0.2, 0.25) is 13.1 Å². The van der Waals surface area contributed by atoms with Crippen LogP contribution in [0, 0.1) is 0 Å². The van der Waals surface area contributed by atoms with Gasteiger partial charge in [0.05, 0.1) is 11.4 Å². The van der Waals surface area contributed by atoms with E-state index in [0.717, 1.165) is 56.8 Å². The van der Waals surface area contributed by atoms with Crippen molar-refractivity contribution in [2.45, 2.75) is 59.5 Å². The molecule has 5 nitrogen and oxygen atoms in total. The first-order chi connectivity index (χ1) is 15.3. The van der Waals surface area contributed by atoms with Gasteiger partial charge in [0.25, 0.3) is 0 Å². The largest absolute Gasteiger partial charge is 0.481 e. The molecule has 0 radical (unpaired) electrons. The van der Waals surface area contributed by atoms with Crippen molar-refractivity contribution in [2.75, 3.05) is 31.1 Å². The molecule has 0 amide bonds. The van der Waals surface area contributed by atoms with Crippen molar-refractivity contribution in [1.82, 2.24) is 0 Å². The number of rotatable bonds is 10. The molecule has 1 aliphatic heterocycles. The highest BCUT2D eigenvalue weighted by molar-refractivity contribution is 7.01. The summed E-state index contributed by atoms with van der Waals surface area (Å²) in [7, 11) is -1.89. The normalized spacial score (nSPS) is 17.8. The maximum atomic E-state index is 10.7. The number of aliphatic imine (C=N–C) groups is 1. The Hall–Kier alpha value is -2.47. The Kier molecular flexibility index (Phi) is 7.88. The van der Waals surface area contributed by atoms with Crippen molar-refractivity contribution in [3.63, 3.8) is 0 Å². The second-order valence-electron chi connectivity index (χ2n) is 9.10. The van der Waals surface area contributed by atoms with Crippen molar-refractivity contribution >= 4 is 42.0 Å². The minimum Gasteiger partial charge on any atom is -0.481 e. The highest BCUT2D eigenvalue weighted by Gasteiger charge is 2.38. The SMILES string of the molecule is CCN(CC)c1ccc2c(c1)[Si](C)(C)C1=CC(=[N+](CC)CCCCCC(=O)O)C=CC1=N2. The number of hydrogen-bond acceptors (Lipinski definition) is 3. The summed E-state index contributed by atoms with van der Waals surface area (Å²) in [5.41, 5.74) is 4.79. The number of nitrogens with zero attached hydrogens (tertiary/aromatic N) is 3. The summed E-state index contributed by atoms with van der Waals surface area (Å²) >= 11 is 0. The summed E-state index contributed by atoms with van der Waals surface area (Å²) in [6.45, 7) is 15.4. The molecule has 172 valence electrons. The Balaban J connectivity index is 1.89. The maximum Gasteiger partial charge on any atom is 0.303 e. The average molecular weight is 453 g/mol. The minimum absolute atomic E-state index is 0.265. The van der Waals surface area contributed by atoms with Crippen LogP contribution in [-0.4, -0.2) is 61.3 Å². The minimum atomic E-state index is -1.89. The quantitative estimate of drug-likeness (QED) is 0.243. The summed E-state index contributed by atoms with van der Waals surface area (Å²) in [6.07, 6.45) is 9.74. The first-order valence-corrected chi connectivity index (χ1v) is 15.0.